The minimum absolute atomic E-state index is 0.0751. The first kappa shape index (κ1) is 19.2. The van der Waals surface area contributed by atoms with Crippen LogP contribution in [0.15, 0.2) is 39.9 Å². The molecule has 1 fully saturated rings. The average molecular weight is 432 g/mol. The topological polar surface area (TPSA) is 103 Å². The Hall–Kier alpha value is -3.46. The van der Waals surface area contributed by atoms with Gasteiger partial charge in [0.1, 0.15) is 11.6 Å². The third-order valence-corrected chi connectivity index (χ3v) is 6.62. The second kappa shape index (κ2) is 7.03. The molecule has 0 amide bonds. The maximum absolute atomic E-state index is 13.0. The molecule has 2 N–H and O–H groups in total. The molecule has 1 aliphatic carbocycles. The van der Waals surface area contributed by atoms with Crippen molar-refractivity contribution in [2.75, 3.05) is 11.9 Å². The van der Waals surface area contributed by atoms with Gasteiger partial charge < -0.3 is 15.1 Å². The minimum atomic E-state index is -0.160. The van der Waals surface area contributed by atoms with Crippen LogP contribution < -0.4 is 16.2 Å². The van der Waals surface area contributed by atoms with Crippen LogP contribution in [0, 0.1) is 0 Å². The van der Waals surface area contributed by atoms with Gasteiger partial charge in [-0.25, -0.2) is 9.67 Å². The molecule has 0 bridgehead atoms. The molecule has 4 aromatic rings. The molecule has 0 atom stereocenters. The number of fused-ring (bicyclic) bond motifs is 2. The summed E-state index contributed by atoms with van der Waals surface area (Å²) in [6, 6.07) is 6.65. The van der Waals surface area contributed by atoms with Gasteiger partial charge in [0.2, 0.25) is 5.95 Å². The van der Waals surface area contributed by atoms with Crippen molar-refractivity contribution in [3.63, 3.8) is 0 Å². The SMILES string of the molecule is CCn1c(=O)c2cnc(Nc3ccc4c(c3)CCNC4)nc2n1-c1nc(C2(C)CC2)co1. The van der Waals surface area contributed by atoms with E-state index in [9.17, 15) is 4.79 Å². The summed E-state index contributed by atoms with van der Waals surface area (Å²) in [6.45, 7) is 6.43. The van der Waals surface area contributed by atoms with Gasteiger partial charge in [-0.3, -0.25) is 4.79 Å². The number of hydrogen-bond donors (Lipinski definition) is 2. The van der Waals surface area contributed by atoms with E-state index in [4.69, 9.17) is 9.40 Å². The monoisotopic (exact) mass is 431 g/mol. The molecule has 164 valence electrons. The molecule has 1 aromatic carbocycles. The summed E-state index contributed by atoms with van der Waals surface area (Å²) in [5.41, 5.74) is 4.87. The molecule has 32 heavy (non-hydrogen) atoms. The predicted molar refractivity (Wildman–Crippen MR) is 121 cm³/mol. The van der Waals surface area contributed by atoms with Crippen LogP contribution in [0.2, 0.25) is 0 Å². The molecular formula is C23H25N7O2. The summed E-state index contributed by atoms with van der Waals surface area (Å²) in [5, 5.41) is 7.11. The lowest BCUT2D eigenvalue weighted by Crippen LogP contribution is -2.23. The van der Waals surface area contributed by atoms with Crippen LogP contribution in [0.1, 0.15) is 43.5 Å². The summed E-state index contributed by atoms with van der Waals surface area (Å²) in [7, 11) is 0. The number of hydrogen-bond acceptors (Lipinski definition) is 7. The standard InChI is InChI=1S/C23H25N7O2/c1-3-29-20(31)17-12-25-21(26-16-5-4-15-11-24-9-6-14(15)10-16)28-19(17)30(29)22-27-18(13-32-22)23(2)7-8-23/h4-5,10,12-13,24H,3,6-9,11H2,1-2H3,(H,25,26,28). The van der Waals surface area contributed by atoms with Crippen molar-refractivity contribution in [1.29, 1.82) is 0 Å². The lowest BCUT2D eigenvalue weighted by molar-refractivity contribution is 0.460. The molecule has 9 nitrogen and oxygen atoms in total. The summed E-state index contributed by atoms with van der Waals surface area (Å²) in [4.78, 5) is 26.7. The molecule has 0 saturated heterocycles. The van der Waals surface area contributed by atoms with Crippen LogP contribution in [0.4, 0.5) is 11.6 Å². The normalized spacial score (nSPS) is 16.8. The van der Waals surface area contributed by atoms with Crippen LogP contribution in [0.3, 0.4) is 0 Å². The Morgan fingerprint density at radius 3 is 2.94 bits per heavy atom. The summed E-state index contributed by atoms with van der Waals surface area (Å²) < 4.78 is 9.06. The zero-order valence-corrected chi connectivity index (χ0v) is 18.2. The molecule has 2 aliphatic rings. The molecule has 0 radical (unpaired) electrons. The van der Waals surface area contributed by atoms with Gasteiger partial charge in [-0.15, -0.1) is 0 Å². The fraction of sp³-hybridized carbons (Fsp3) is 0.391. The van der Waals surface area contributed by atoms with Gasteiger partial charge >= 0.3 is 6.01 Å². The van der Waals surface area contributed by atoms with Crippen LogP contribution >= 0.6 is 0 Å². The van der Waals surface area contributed by atoms with Crippen molar-refractivity contribution in [2.24, 2.45) is 0 Å². The molecule has 4 heterocycles. The summed E-state index contributed by atoms with van der Waals surface area (Å²) in [5.74, 6) is 0.425. The van der Waals surface area contributed by atoms with Crippen molar-refractivity contribution in [1.82, 2.24) is 29.6 Å². The molecule has 1 aliphatic heterocycles. The first-order valence-electron chi connectivity index (χ1n) is 11.1. The lowest BCUT2D eigenvalue weighted by Gasteiger charge is -2.18. The van der Waals surface area contributed by atoms with E-state index in [0.29, 0.717) is 29.5 Å². The highest BCUT2D eigenvalue weighted by Crippen LogP contribution is 2.47. The Morgan fingerprint density at radius 2 is 2.12 bits per heavy atom. The van der Waals surface area contributed by atoms with E-state index >= 15 is 0 Å². The Balaban J connectivity index is 1.42. The van der Waals surface area contributed by atoms with E-state index in [0.717, 1.165) is 43.7 Å². The molecule has 1 saturated carbocycles. The largest absolute Gasteiger partial charge is 0.430 e. The first-order valence-corrected chi connectivity index (χ1v) is 11.1. The maximum Gasteiger partial charge on any atom is 0.323 e. The number of aromatic nitrogens is 5. The van der Waals surface area contributed by atoms with Crippen molar-refractivity contribution in [3.05, 3.63) is 57.8 Å². The Morgan fingerprint density at radius 1 is 1.25 bits per heavy atom. The molecule has 0 spiro atoms. The van der Waals surface area contributed by atoms with E-state index in [-0.39, 0.29) is 11.0 Å². The predicted octanol–water partition coefficient (Wildman–Crippen LogP) is 3.03. The highest BCUT2D eigenvalue weighted by molar-refractivity contribution is 5.76. The van der Waals surface area contributed by atoms with Gasteiger partial charge in [0.25, 0.3) is 5.56 Å². The third-order valence-electron chi connectivity index (χ3n) is 6.62. The fourth-order valence-electron chi connectivity index (χ4n) is 4.33. The number of rotatable bonds is 5. The summed E-state index contributed by atoms with van der Waals surface area (Å²) >= 11 is 0. The number of nitrogens with zero attached hydrogens (tertiary/aromatic N) is 5. The van der Waals surface area contributed by atoms with E-state index in [1.54, 1.807) is 21.8 Å². The van der Waals surface area contributed by atoms with E-state index in [1.165, 1.54) is 11.1 Å². The van der Waals surface area contributed by atoms with E-state index in [1.807, 2.05) is 13.0 Å². The second-order valence-corrected chi connectivity index (χ2v) is 8.87. The highest BCUT2D eigenvalue weighted by Gasteiger charge is 2.42. The van der Waals surface area contributed by atoms with Crippen molar-refractivity contribution in [3.8, 4) is 6.01 Å². The Labute approximate surface area is 184 Å². The molecular weight excluding hydrogens is 406 g/mol. The molecule has 6 rings (SSSR count). The number of anilines is 2. The van der Waals surface area contributed by atoms with Crippen LogP contribution in [-0.4, -0.2) is 30.9 Å². The van der Waals surface area contributed by atoms with Gasteiger partial charge in [-0.2, -0.15) is 14.6 Å². The lowest BCUT2D eigenvalue weighted by atomic mass is 10.0. The van der Waals surface area contributed by atoms with Gasteiger partial charge in [0.15, 0.2) is 5.65 Å². The first-order chi connectivity index (χ1) is 15.6. The van der Waals surface area contributed by atoms with Crippen LogP contribution in [0.25, 0.3) is 17.0 Å². The van der Waals surface area contributed by atoms with E-state index in [2.05, 4.69) is 39.7 Å². The van der Waals surface area contributed by atoms with Gasteiger partial charge in [0, 0.05) is 30.4 Å². The number of nitrogens with one attached hydrogen (secondary N) is 2. The molecule has 0 unspecified atom stereocenters. The fourth-order valence-corrected chi connectivity index (χ4v) is 4.33. The maximum atomic E-state index is 13.0. The number of benzene rings is 1. The van der Waals surface area contributed by atoms with Crippen LogP contribution in [0.5, 0.6) is 0 Å². The zero-order valence-electron chi connectivity index (χ0n) is 18.2. The zero-order chi connectivity index (χ0) is 21.9. The average Bonchev–Trinajstić information content (AvgIpc) is 3.26. The van der Waals surface area contributed by atoms with Gasteiger partial charge in [-0.05, 0) is 56.0 Å². The highest BCUT2D eigenvalue weighted by atomic mass is 16.4. The second-order valence-electron chi connectivity index (χ2n) is 8.87. The Kier molecular flexibility index (Phi) is 4.23. The molecule has 3 aromatic heterocycles. The smallest absolute Gasteiger partial charge is 0.323 e. The summed E-state index contributed by atoms with van der Waals surface area (Å²) in [6.07, 6.45) is 6.46. The van der Waals surface area contributed by atoms with Crippen molar-refractivity contribution >= 4 is 22.7 Å². The van der Waals surface area contributed by atoms with Gasteiger partial charge in [0.05, 0.1) is 5.69 Å². The number of oxazole rings is 1. The quantitative estimate of drug-likeness (QED) is 0.501. The minimum Gasteiger partial charge on any atom is -0.430 e. The van der Waals surface area contributed by atoms with Crippen molar-refractivity contribution < 1.29 is 4.42 Å². The Bertz CT molecular complexity index is 1390. The third kappa shape index (κ3) is 3.03. The van der Waals surface area contributed by atoms with Gasteiger partial charge in [-0.1, -0.05) is 13.0 Å². The molecule has 9 heteroatoms. The van der Waals surface area contributed by atoms with E-state index < -0.39 is 0 Å². The van der Waals surface area contributed by atoms with Crippen LogP contribution in [-0.2, 0) is 24.9 Å². The van der Waals surface area contributed by atoms with Crippen molar-refractivity contribution in [2.45, 2.75) is 51.6 Å².